The lowest BCUT2D eigenvalue weighted by Crippen LogP contribution is -2.42. The van der Waals surface area contributed by atoms with E-state index in [2.05, 4.69) is 12.2 Å². The van der Waals surface area contributed by atoms with E-state index >= 15 is 0 Å². The number of nitrogens with one attached hydrogen (secondary N) is 1. The van der Waals surface area contributed by atoms with Crippen LogP contribution in [0.5, 0.6) is 0 Å². The highest BCUT2D eigenvalue weighted by Gasteiger charge is 2.23. The zero-order chi connectivity index (χ0) is 16.9. The van der Waals surface area contributed by atoms with Crippen LogP contribution < -0.4 is 5.32 Å². The summed E-state index contributed by atoms with van der Waals surface area (Å²) in [7, 11) is 0. The number of ketones is 1. The molecular weight excluding hydrogens is 300 g/mol. The molecule has 4 heteroatoms. The fourth-order valence-electron chi connectivity index (χ4n) is 3.43. The molecule has 1 N–H and O–H groups in total. The molecule has 1 saturated carbocycles. The Balaban J connectivity index is 1.67. The minimum Gasteiger partial charge on any atom is -0.352 e. The van der Waals surface area contributed by atoms with Gasteiger partial charge in [0, 0.05) is 17.8 Å². The molecule has 0 saturated heterocycles. The van der Waals surface area contributed by atoms with Crippen LogP contribution in [-0.4, -0.2) is 22.3 Å². The molecule has 1 aromatic carbocycles. The SMILES string of the molecule is C[C@@H]1CCCC[C@@H]1NC(=O)Cn1cccc1C(=O)c1ccccc1. The Hall–Kier alpha value is -2.36. The number of benzene rings is 1. The van der Waals surface area contributed by atoms with Crippen LogP contribution in [0.4, 0.5) is 0 Å². The van der Waals surface area contributed by atoms with Crippen LogP contribution in [-0.2, 0) is 11.3 Å². The third kappa shape index (κ3) is 3.75. The summed E-state index contributed by atoms with van der Waals surface area (Å²) in [5.74, 6) is 0.448. The highest BCUT2D eigenvalue weighted by molar-refractivity contribution is 6.08. The van der Waals surface area contributed by atoms with Gasteiger partial charge in [-0.25, -0.2) is 0 Å². The third-order valence-corrected chi connectivity index (χ3v) is 4.87. The van der Waals surface area contributed by atoms with Crippen molar-refractivity contribution in [3.63, 3.8) is 0 Å². The number of hydrogen-bond acceptors (Lipinski definition) is 2. The average molecular weight is 324 g/mol. The van der Waals surface area contributed by atoms with Crippen molar-refractivity contribution in [1.82, 2.24) is 9.88 Å². The lowest BCUT2D eigenvalue weighted by molar-refractivity contribution is -0.122. The number of carbonyl (C=O) groups excluding carboxylic acids is 2. The summed E-state index contributed by atoms with van der Waals surface area (Å²) >= 11 is 0. The van der Waals surface area contributed by atoms with Crippen LogP contribution in [0.25, 0.3) is 0 Å². The first-order chi connectivity index (χ1) is 11.6. The van der Waals surface area contributed by atoms with E-state index in [0.717, 1.165) is 6.42 Å². The Labute approximate surface area is 142 Å². The molecule has 4 nitrogen and oxygen atoms in total. The molecule has 2 atom stereocenters. The predicted molar refractivity (Wildman–Crippen MR) is 93.9 cm³/mol. The van der Waals surface area contributed by atoms with Gasteiger partial charge in [-0.1, -0.05) is 50.1 Å². The van der Waals surface area contributed by atoms with Crippen molar-refractivity contribution in [2.45, 2.75) is 45.2 Å². The van der Waals surface area contributed by atoms with Crippen molar-refractivity contribution in [2.75, 3.05) is 0 Å². The van der Waals surface area contributed by atoms with Crippen molar-refractivity contribution in [2.24, 2.45) is 5.92 Å². The first-order valence-corrected chi connectivity index (χ1v) is 8.69. The zero-order valence-corrected chi connectivity index (χ0v) is 14.1. The molecule has 1 aliphatic rings. The Kier molecular flexibility index (Phi) is 5.14. The van der Waals surface area contributed by atoms with E-state index in [-0.39, 0.29) is 24.3 Å². The Bertz CT molecular complexity index is 705. The molecule has 0 bridgehead atoms. The second-order valence-corrected chi connectivity index (χ2v) is 6.65. The van der Waals surface area contributed by atoms with Gasteiger partial charge in [0.05, 0.1) is 5.69 Å². The summed E-state index contributed by atoms with van der Waals surface area (Å²) in [6, 6.07) is 13.0. The molecule has 0 spiro atoms. The smallest absolute Gasteiger partial charge is 0.240 e. The fraction of sp³-hybridized carbons (Fsp3) is 0.400. The monoisotopic (exact) mass is 324 g/mol. The third-order valence-electron chi connectivity index (χ3n) is 4.87. The molecule has 1 amide bonds. The Morgan fingerprint density at radius 2 is 1.83 bits per heavy atom. The fourth-order valence-corrected chi connectivity index (χ4v) is 3.43. The molecule has 126 valence electrons. The Morgan fingerprint density at radius 3 is 2.58 bits per heavy atom. The molecule has 2 aromatic rings. The van der Waals surface area contributed by atoms with E-state index in [1.165, 1.54) is 19.3 Å². The van der Waals surface area contributed by atoms with Gasteiger partial charge < -0.3 is 9.88 Å². The lowest BCUT2D eigenvalue weighted by Gasteiger charge is -2.29. The van der Waals surface area contributed by atoms with Crippen LogP contribution in [0.15, 0.2) is 48.7 Å². The van der Waals surface area contributed by atoms with Crippen LogP contribution >= 0.6 is 0 Å². The molecule has 0 unspecified atom stereocenters. The molecule has 24 heavy (non-hydrogen) atoms. The molecule has 0 radical (unpaired) electrons. The number of amides is 1. The maximum absolute atomic E-state index is 12.6. The largest absolute Gasteiger partial charge is 0.352 e. The lowest BCUT2D eigenvalue weighted by atomic mass is 9.86. The maximum atomic E-state index is 12.6. The number of aromatic nitrogens is 1. The van der Waals surface area contributed by atoms with E-state index in [9.17, 15) is 9.59 Å². The van der Waals surface area contributed by atoms with Gasteiger partial charge in [0.15, 0.2) is 0 Å². The molecule has 1 heterocycles. The second-order valence-electron chi connectivity index (χ2n) is 6.65. The molecule has 3 rings (SSSR count). The van der Waals surface area contributed by atoms with Crippen molar-refractivity contribution < 1.29 is 9.59 Å². The van der Waals surface area contributed by atoms with E-state index in [0.29, 0.717) is 17.2 Å². The van der Waals surface area contributed by atoms with Crippen molar-refractivity contribution >= 4 is 11.7 Å². The quantitative estimate of drug-likeness (QED) is 0.857. The maximum Gasteiger partial charge on any atom is 0.240 e. The second kappa shape index (κ2) is 7.47. The van der Waals surface area contributed by atoms with E-state index in [1.54, 1.807) is 29.0 Å². The van der Waals surface area contributed by atoms with Gasteiger partial charge in [-0.05, 0) is 30.9 Å². The Morgan fingerprint density at radius 1 is 1.08 bits per heavy atom. The standard InChI is InChI=1S/C20H24N2O2/c1-15-8-5-6-11-17(15)21-19(23)14-22-13-7-12-18(22)20(24)16-9-3-2-4-10-16/h2-4,7,9-10,12-13,15,17H,5-6,8,11,14H2,1H3,(H,21,23)/t15-,17+/m1/s1. The van der Waals surface area contributed by atoms with Crippen molar-refractivity contribution in [3.05, 3.63) is 59.9 Å². The van der Waals surface area contributed by atoms with E-state index in [4.69, 9.17) is 0 Å². The number of carbonyl (C=O) groups is 2. The number of rotatable bonds is 5. The van der Waals surface area contributed by atoms with Gasteiger partial charge in [-0.3, -0.25) is 9.59 Å². The van der Waals surface area contributed by atoms with E-state index in [1.807, 2.05) is 24.3 Å². The van der Waals surface area contributed by atoms with Crippen molar-refractivity contribution in [1.29, 1.82) is 0 Å². The molecule has 1 aliphatic carbocycles. The number of nitrogens with zero attached hydrogens (tertiary/aromatic N) is 1. The topological polar surface area (TPSA) is 51.1 Å². The van der Waals surface area contributed by atoms with Gasteiger partial charge in [-0.15, -0.1) is 0 Å². The highest BCUT2D eigenvalue weighted by Crippen LogP contribution is 2.23. The van der Waals surface area contributed by atoms with Gasteiger partial charge in [0.2, 0.25) is 11.7 Å². The van der Waals surface area contributed by atoms with Gasteiger partial charge in [0.1, 0.15) is 6.54 Å². The number of hydrogen-bond donors (Lipinski definition) is 1. The molecule has 1 fully saturated rings. The average Bonchev–Trinajstić information content (AvgIpc) is 3.05. The van der Waals surface area contributed by atoms with Gasteiger partial charge in [-0.2, -0.15) is 0 Å². The first kappa shape index (κ1) is 16.5. The van der Waals surface area contributed by atoms with Crippen LogP contribution in [0.3, 0.4) is 0 Å². The summed E-state index contributed by atoms with van der Waals surface area (Å²) in [5.41, 5.74) is 1.19. The summed E-state index contributed by atoms with van der Waals surface area (Å²) in [6.07, 6.45) is 6.44. The molecular formula is C20H24N2O2. The predicted octanol–water partition coefficient (Wildman–Crippen LogP) is 3.41. The van der Waals surface area contributed by atoms with Gasteiger partial charge in [0.25, 0.3) is 0 Å². The summed E-state index contributed by atoms with van der Waals surface area (Å²) < 4.78 is 1.73. The minimum atomic E-state index is -0.0561. The van der Waals surface area contributed by atoms with Gasteiger partial charge >= 0.3 is 0 Å². The molecule has 1 aromatic heterocycles. The first-order valence-electron chi connectivity index (χ1n) is 8.69. The highest BCUT2D eigenvalue weighted by atomic mass is 16.2. The van der Waals surface area contributed by atoms with Crippen LogP contribution in [0, 0.1) is 5.92 Å². The van der Waals surface area contributed by atoms with Crippen LogP contribution in [0.2, 0.25) is 0 Å². The summed E-state index contributed by atoms with van der Waals surface area (Å²) in [4.78, 5) is 25.0. The van der Waals surface area contributed by atoms with E-state index < -0.39 is 0 Å². The molecule has 0 aliphatic heterocycles. The minimum absolute atomic E-state index is 0.0212. The summed E-state index contributed by atoms with van der Waals surface area (Å²) in [5, 5.41) is 3.14. The zero-order valence-electron chi connectivity index (χ0n) is 14.1. The normalized spacial score (nSPS) is 20.5. The summed E-state index contributed by atoms with van der Waals surface area (Å²) in [6.45, 7) is 2.38. The van der Waals surface area contributed by atoms with Crippen molar-refractivity contribution in [3.8, 4) is 0 Å². The van der Waals surface area contributed by atoms with Crippen LogP contribution in [0.1, 0.15) is 48.7 Å².